The van der Waals surface area contributed by atoms with Crippen LogP contribution in [-0.4, -0.2) is 71.6 Å². The maximum atomic E-state index is 15.0. The van der Waals surface area contributed by atoms with Crippen LogP contribution in [0.4, 0.5) is 10.1 Å². The van der Waals surface area contributed by atoms with Crippen molar-refractivity contribution in [1.82, 2.24) is 10.2 Å². The van der Waals surface area contributed by atoms with Gasteiger partial charge in [-0.15, -0.1) is 0 Å². The van der Waals surface area contributed by atoms with Crippen molar-refractivity contribution < 1.29 is 23.4 Å². The lowest BCUT2D eigenvalue weighted by Gasteiger charge is -2.21. The number of hydrogen-bond acceptors (Lipinski definition) is 8. The normalized spacial score (nSPS) is 12.3. The number of carbonyl (C=O) groups excluding carboxylic acids is 1. The number of rotatable bonds is 14. The lowest BCUT2D eigenvalue weighted by atomic mass is 10.0. The Kier molecular flexibility index (Phi) is 11.1. The number of anilines is 1. The van der Waals surface area contributed by atoms with Crippen molar-refractivity contribution in [2.45, 2.75) is 6.04 Å². The molecule has 10 heteroatoms. The molecule has 2 aromatic carbocycles. The highest BCUT2D eigenvalue weighted by atomic mass is 19.1. The van der Waals surface area contributed by atoms with Crippen LogP contribution in [0, 0.1) is 11.2 Å². The zero-order valence-electron chi connectivity index (χ0n) is 20.6. The van der Waals surface area contributed by atoms with E-state index in [4.69, 9.17) is 25.4 Å². The summed E-state index contributed by atoms with van der Waals surface area (Å²) < 4.78 is 31.2. The van der Waals surface area contributed by atoms with Gasteiger partial charge in [-0.05, 0) is 37.9 Å². The molecule has 5 N–H and O–H groups in total. The SMILES string of the molecule is COCCNC(C(=O)Nc1cc(F)c(/C(C=N)=C/N)cc1OCCN(C)C)c1cccc(OC)c1. The molecule has 0 heterocycles. The number of ether oxygens (including phenoxy) is 3. The summed E-state index contributed by atoms with van der Waals surface area (Å²) in [6.07, 6.45) is 2.10. The number of likely N-dealkylation sites (N-methyl/N-ethyl adjacent to an activating group) is 1. The Balaban J connectivity index is 2.41. The summed E-state index contributed by atoms with van der Waals surface area (Å²) in [6.45, 7) is 1.72. The molecule has 1 atom stereocenters. The molecule has 0 aliphatic rings. The fraction of sp³-hybridized carbons (Fsp3) is 0.360. The second-order valence-electron chi connectivity index (χ2n) is 7.89. The first kappa shape index (κ1) is 27.8. The zero-order chi connectivity index (χ0) is 25.8. The zero-order valence-corrected chi connectivity index (χ0v) is 20.6. The Bertz CT molecular complexity index is 1030. The first-order valence-corrected chi connectivity index (χ1v) is 11.1. The van der Waals surface area contributed by atoms with Crippen LogP contribution >= 0.6 is 0 Å². The van der Waals surface area contributed by atoms with Crippen LogP contribution in [-0.2, 0) is 9.53 Å². The van der Waals surface area contributed by atoms with Gasteiger partial charge in [-0.1, -0.05) is 12.1 Å². The average molecular weight is 488 g/mol. The van der Waals surface area contributed by atoms with Gasteiger partial charge in [0.2, 0.25) is 5.91 Å². The molecule has 35 heavy (non-hydrogen) atoms. The van der Waals surface area contributed by atoms with Gasteiger partial charge >= 0.3 is 0 Å². The maximum absolute atomic E-state index is 15.0. The van der Waals surface area contributed by atoms with Gasteiger partial charge in [-0.25, -0.2) is 4.39 Å². The lowest BCUT2D eigenvalue weighted by Crippen LogP contribution is -2.35. The molecule has 0 aromatic heterocycles. The smallest absolute Gasteiger partial charge is 0.246 e. The van der Waals surface area contributed by atoms with E-state index in [0.29, 0.717) is 37.6 Å². The number of methoxy groups -OCH3 is 2. The predicted molar refractivity (Wildman–Crippen MR) is 136 cm³/mol. The van der Waals surface area contributed by atoms with Crippen molar-refractivity contribution in [3.05, 3.63) is 59.5 Å². The van der Waals surface area contributed by atoms with Crippen molar-refractivity contribution in [3.8, 4) is 11.5 Å². The monoisotopic (exact) mass is 487 g/mol. The van der Waals surface area contributed by atoms with Crippen LogP contribution in [0.15, 0.2) is 42.6 Å². The minimum Gasteiger partial charge on any atom is -0.497 e. The minimum absolute atomic E-state index is 0.0999. The van der Waals surface area contributed by atoms with E-state index in [-0.39, 0.29) is 22.6 Å². The van der Waals surface area contributed by atoms with Crippen molar-refractivity contribution in [3.63, 3.8) is 0 Å². The molecule has 0 radical (unpaired) electrons. The number of carbonyl (C=O) groups is 1. The number of nitrogens with one attached hydrogen (secondary N) is 3. The van der Waals surface area contributed by atoms with E-state index in [9.17, 15) is 9.18 Å². The van der Waals surface area contributed by atoms with Crippen molar-refractivity contribution in [1.29, 1.82) is 5.41 Å². The van der Waals surface area contributed by atoms with Gasteiger partial charge in [0.15, 0.2) is 0 Å². The molecule has 2 aromatic rings. The Morgan fingerprint density at radius 3 is 2.63 bits per heavy atom. The number of halogens is 1. The van der Waals surface area contributed by atoms with Gasteiger partial charge in [0.05, 0.1) is 19.4 Å². The summed E-state index contributed by atoms with van der Waals surface area (Å²) in [5.41, 5.74) is 6.67. The number of nitrogens with two attached hydrogens (primary N) is 1. The molecule has 0 saturated carbocycles. The summed E-state index contributed by atoms with van der Waals surface area (Å²) >= 11 is 0. The highest BCUT2D eigenvalue weighted by molar-refractivity contribution is 6.08. The average Bonchev–Trinajstić information content (AvgIpc) is 2.84. The van der Waals surface area contributed by atoms with E-state index in [2.05, 4.69) is 10.6 Å². The fourth-order valence-corrected chi connectivity index (χ4v) is 3.24. The van der Waals surface area contributed by atoms with Crippen LogP contribution in [0.25, 0.3) is 5.57 Å². The summed E-state index contributed by atoms with van der Waals surface area (Å²) in [7, 11) is 6.92. The second-order valence-corrected chi connectivity index (χ2v) is 7.89. The maximum Gasteiger partial charge on any atom is 0.246 e. The molecular weight excluding hydrogens is 453 g/mol. The van der Waals surface area contributed by atoms with Crippen molar-refractivity contribution in [2.75, 3.05) is 59.9 Å². The van der Waals surface area contributed by atoms with Crippen molar-refractivity contribution >= 4 is 23.4 Å². The van der Waals surface area contributed by atoms with Gasteiger partial charge in [0, 0.05) is 49.8 Å². The number of hydrogen-bond donors (Lipinski definition) is 4. The Morgan fingerprint density at radius 2 is 2.00 bits per heavy atom. The Labute approximate surface area is 205 Å². The van der Waals surface area contributed by atoms with E-state index in [1.807, 2.05) is 19.0 Å². The van der Waals surface area contributed by atoms with E-state index < -0.39 is 17.8 Å². The first-order chi connectivity index (χ1) is 16.8. The molecule has 2 rings (SSSR count). The third kappa shape index (κ3) is 8.06. The van der Waals surface area contributed by atoms with E-state index >= 15 is 0 Å². The summed E-state index contributed by atoms with van der Waals surface area (Å²) in [5, 5.41) is 13.4. The van der Waals surface area contributed by atoms with E-state index in [1.165, 1.54) is 12.1 Å². The first-order valence-electron chi connectivity index (χ1n) is 11.1. The predicted octanol–water partition coefficient (Wildman–Crippen LogP) is 2.64. The fourth-order valence-electron chi connectivity index (χ4n) is 3.24. The molecule has 0 aliphatic heterocycles. The van der Waals surface area contributed by atoms with Crippen LogP contribution in [0.3, 0.4) is 0 Å². The quantitative estimate of drug-likeness (QED) is 0.239. The van der Waals surface area contributed by atoms with Gasteiger partial charge < -0.3 is 35.6 Å². The Hall–Kier alpha value is -3.47. The van der Waals surface area contributed by atoms with Crippen LogP contribution in [0.2, 0.25) is 0 Å². The van der Waals surface area contributed by atoms with Gasteiger partial charge in [-0.3, -0.25) is 10.1 Å². The highest BCUT2D eigenvalue weighted by Gasteiger charge is 2.23. The molecule has 190 valence electrons. The molecule has 9 nitrogen and oxygen atoms in total. The summed E-state index contributed by atoms with van der Waals surface area (Å²) in [4.78, 5) is 15.3. The van der Waals surface area contributed by atoms with Gasteiger partial charge in [-0.2, -0.15) is 0 Å². The molecule has 0 bridgehead atoms. The van der Waals surface area contributed by atoms with Gasteiger partial charge in [0.1, 0.15) is 30.0 Å². The number of allylic oxidation sites excluding steroid dienone is 1. The van der Waals surface area contributed by atoms with Crippen LogP contribution < -0.4 is 25.8 Å². The molecule has 1 amide bonds. The number of benzene rings is 2. The molecule has 0 spiro atoms. The molecule has 0 aliphatic carbocycles. The van der Waals surface area contributed by atoms with E-state index in [1.54, 1.807) is 38.5 Å². The summed E-state index contributed by atoms with van der Waals surface area (Å²) in [6, 6.07) is 8.96. The largest absolute Gasteiger partial charge is 0.497 e. The highest BCUT2D eigenvalue weighted by Crippen LogP contribution is 2.32. The molecule has 0 saturated heterocycles. The minimum atomic E-state index is -0.765. The Morgan fingerprint density at radius 1 is 1.23 bits per heavy atom. The molecular formula is C25H34FN5O4. The molecule has 1 unspecified atom stereocenters. The van der Waals surface area contributed by atoms with Gasteiger partial charge in [0.25, 0.3) is 0 Å². The third-order valence-corrected chi connectivity index (χ3v) is 5.11. The topological polar surface area (TPSA) is 122 Å². The number of amides is 1. The second kappa shape index (κ2) is 14.1. The van der Waals surface area contributed by atoms with Crippen LogP contribution in [0.1, 0.15) is 17.2 Å². The van der Waals surface area contributed by atoms with Crippen molar-refractivity contribution in [2.24, 2.45) is 5.73 Å². The van der Waals surface area contributed by atoms with E-state index in [0.717, 1.165) is 12.4 Å². The van der Waals surface area contributed by atoms with Crippen LogP contribution in [0.5, 0.6) is 11.5 Å². The molecule has 0 fully saturated rings. The lowest BCUT2D eigenvalue weighted by molar-refractivity contribution is -0.118. The number of nitrogens with zero attached hydrogens (tertiary/aromatic N) is 1. The summed E-state index contributed by atoms with van der Waals surface area (Å²) in [5.74, 6) is -0.199. The standard InChI is InChI=1S/C25H34FN5O4/c1-31(2)9-11-35-23-13-20(18(15-27)16-28)21(26)14-22(23)30-25(32)24(29-8-10-33-3)17-6-5-7-19(12-17)34-4/h5-7,12-16,24,27,29H,8-11,28H2,1-4H3,(H,30,32)/b18-16+,27-15?. The third-order valence-electron chi connectivity index (χ3n) is 5.11.